The molecule has 0 saturated carbocycles. The number of unbranched alkanes of at least 4 members (excludes halogenated alkanes) is 8. The van der Waals surface area contributed by atoms with E-state index in [2.05, 4.69) is 6.92 Å². The van der Waals surface area contributed by atoms with Crippen LogP contribution in [0.15, 0.2) is 30.3 Å². The van der Waals surface area contributed by atoms with Gasteiger partial charge >= 0.3 is 5.97 Å². The zero-order valence-electron chi connectivity index (χ0n) is 14.4. The molecule has 0 aromatic heterocycles. The van der Waals surface area contributed by atoms with Crippen LogP contribution in [0.3, 0.4) is 0 Å². The lowest BCUT2D eigenvalue weighted by Gasteiger charge is -2.13. The number of hydrogen-bond donors (Lipinski definition) is 0. The van der Waals surface area contributed by atoms with Crippen LogP contribution in [-0.2, 0) is 9.53 Å². The van der Waals surface area contributed by atoms with Crippen LogP contribution in [0.4, 0.5) is 0 Å². The summed E-state index contributed by atoms with van der Waals surface area (Å²) >= 11 is 0. The van der Waals surface area contributed by atoms with Gasteiger partial charge in [0.2, 0.25) is 0 Å². The number of ether oxygens (including phenoxy) is 1. The van der Waals surface area contributed by atoms with E-state index in [0.717, 1.165) is 18.4 Å². The van der Waals surface area contributed by atoms with E-state index in [1.807, 2.05) is 37.3 Å². The highest BCUT2D eigenvalue weighted by molar-refractivity contribution is 5.69. The van der Waals surface area contributed by atoms with E-state index in [1.165, 1.54) is 44.9 Å². The van der Waals surface area contributed by atoms with Gasteiger partial charge in [0.15, 0.2) is 0 Å². The van der Waals surface area contributed by atoms with Gasteiger partial charge < -0.3 is 4.74 Å². The van der Waals surface area contributed by atoms with Crippen molar-refractivity contribution in [1.29, 1.82) is 0 Å². The van der Waals surface area contributed by atoms with Gasteiger partial charge in [-0.05, 0) is 18.9 Å². The quantitative estimate of drug-likeness (QED) is 0.339. The lowest BCUT2D eigenvalue weighted by molar-refractivity contribution is -0.148. The minimum absolute atomic E-state index is 0.0701. The Balaban J connectivity index is 2.00. The molecule has 1 rings (SSSR count). The van der Waals surface area contributed by atoms with Crippen LogP contribution in [-0.4, -0.2) is 5.97 Å². The third-order valence-electron chi connectivity index (χ3n) is 4.06. The monoisotopic (exact) mass is 304 g/mol. The van der Waals surface area contributed by atoms with E-state index in [1.54, 1.807) is 0 Å². The van der Waals surface area contributed by atoms with Gasteiger partial charge in [-0.1, -0.05) is 88.6 Å². The number of esters is 1. The molecule has 1 atom stereocenters. The second kappa shape index (κ2) is 12.3. The first-order valence-electron chi connectivity index (χ1n) is 8.98. The lowest BCUT2D eigenvalue weighted by Crippen LogP contribution is -2.08. The number of carbonyl (C=O) groups is 1. The van der Waals surface area contributed by atoms with Gasteiger partial charge in [0.25, 0.3) is 0 Å². The normalized spacial score (nSPS) is 12.1. The van der Waals surface area contributed by atoms with Crippen LogP contribution >= 0.6 is 0 Å². The maximum atomic E-state index is 11.8. The Morgan fingerprint density at radius 1 is 0.909 bits per heavy atom. The van der Waals surface area contributed by atoms with Crippen molar-refractivity contribution in [2.24, 2.45) is 0 Å². The molecule has 1 aromatic carbocycles. The van der Waals surface area contributed by atoms with Crippen molar-refractivity contribution in [2.75, 3.05) is 0 Å². The number of benzene rings is 1. The molecule has 0 radical (unpaired) electrons. The Kier molecular flexibility index (Phi) is 10.4. The summed E-state index contributed by atoms with van der Waals surface area (Å²) in [4.78, 5) is 11.8. The molecule has 1 aromatic rings. The molecular formula is C20H32O2. The van der Waals surface area contributed by atoms with Crippen molar-refractivity contribution in [2.45, 2.75) is 84.2 Å². The number of carbonyl (C=O) groups excluding carboxylic acids is 1. The smallest absolute Gasteiger partial charge is 0.306 e. The molecule has 0 aliphatic heterocycles. The van der Waals surface area contributed by atoms with Crippen molar-refractivity contribution in [3.05, 3.63) is 35.9 Å². The third-order valence-corrected chi connectivity index (χ3v) is 4.06. The van der Waals surface area contributed by atoms with Crippen molar-refractivity contribution in [3.8, 4) is 0 Å². The lowest BCUT2D eigenvalue weighted by atomic mass is 10.1. The van der Waals surface area contributed by atoms with Crippen LogP contribution in [0, 0.1) is 0 Å². The summed E-state index contributed by atoms with van der Waals surface area (Å²) in [6.07, 6.45) is 11.8. The topological polar surface area (TPSA) is 26.3 Å². The molecule has 0 aliphatic rings. The van der Waals surface area contributed by atoms with E-state index >= 15 is 0 Å². The highest BCUT2D eigenvalue weighted by Crippen LogP contribution is 2.17. The maximum Gasteiger partial charge on any atom is 0.306 e. The predicted molar refractivity (Wildman–Crippen MR) is 92.8 cm³/mol. The van der Waals surface area contributed by atoms with Crippen molar-refractivity contribution in [3.63, 3.8) is 0 Å². The first kappa shape index (κ1) is 18.7. The molecule has 0 bridgehead atoms. The summed E-state index contributed by atoms with van der Waals surface area (Å²) in [6, 6.07) is 9.91. The molecule has 0 aliphatic carbocycles. The fourth-order valence-corrected chi connectivity index (χ4v) is 2.63. The molecular weight excluding hydrogens is 272 g/mol. The fraction of sp³-hybridized carbons (Fsp3) is 0.650. The van der Waals surface area contributed by atoms with E-state index in [-0.39, 0.29) is 12.1 Å². The second-order valence-electron chi connectivity index (χ2n) is 6.12. The molecule has 0 amide bonds. The van der Waals surface area contributed by atoms with Crippen LogP contribution in [0.5, 0.6) is 0 Å². The Hall–Kier alpha value is -1.31. The number of rotatable bonds is 12. The largest absolute Gasteiger partial charge is 0.458 e. The standard InChI is InChI=1S/C20H32O2/c1-3-4-5-6-7-8-9-10-14-17-20(21)22-18(2)19-15-12-11-13-16-19/h11-13,15-16,18H,3-10,14,17H2,1-2H3/t18-/m0/s1. The molecule has 0 spiro atoms. The highest BCUT2D eigenvalue weighted by Gasteiger charge is 2.10. The SMILES string of the molecule is CCCCCCCCCCCC(=O)O[C@@H](C)c1ccccc1. The Morgan fingerprint density at radius 3 is 2.05 bits per heavy atom. The van der Waals surface area contributed by atoms with Gasteiger partial charge in [-0.25, -0.2) is 0 Å². The van der Waals surface area contributed by atoms with Gasteiger partial charge in [0.1, 0.15) is 6.10 Å². The van der Waals surface area contributed by atoms with Gasteiger partial charge in [-0.3, -0.25) is 4.79 Å². The highest BCUT2D eigenvalue weighted by atomic mass is 16.5. The average molecular weight is 304 g/mol. The summed E-state index contributed by atoms with van der Waals surface area (Å²) in [7, 11) is 0. The van der Waals surface area contributed by atoms with Gasteiger partial charge in [-0.15, -0.1) is 0 Å². The van der Waals surface area contributed by atoms with E-state index < -0.39 is 0 Å². The summed E-state index contributed by atoms with van der Waals surface area (Å²) in [5.74, 6) is -0.0701. The van der Waals surface area contributed by atoms with Crippen LogP contribution < -0.4 is 0 Å². The summed E-state index contributed by atoms with van der Waals surface area (Å²) in [5.41, 5.74) is 1.06. The summed E-state index contributed by atoms with van der Waals surface area (Å²) in [6.45, 7) is 4.18. The minimum Gasteiger partial charge on any atom is -0.458 e. The summed E-state index contributed by atoms with van der Waals surface area (Å²) in [5, 5.41) is 0. The minimum atomic E-state index is -0.146. The number of hydrogen-bond acceptors (Lipinski definition) is 2. The van der Waals surface area contributed by atoms with E-state index in [9.17, 15) is 4.79 Å². The van der Waals surface area contributed by atoms with Crippen molar-refractivity contribution in [1.82, 2.24) is 0 Å². The average Bonchev–Trinajstić information content (AvgIpc) is 2.54. The molecule has 0 saturated heterocycles. The molecule has 22 heavy (non-hydrogen) atoms. The van der Waals surface area contributed by atoms with E-state index in [0.29, 0.717) is 6.42 Å². The first-order valence-corrected chi connectivity index (χ1v) is 8.98. The Bertz CT molecular complexity index is 386. The molecule has 2 heteroatoms. The molecule has 0 N–H and O–H groups in total. The predicted octanol–water partition coefficient (Wildman–Crippen LogP) is 6.21. The fourth-order valence-electron chi connectivity index (χ4n) is 2.63. The van der Waals surface area contributed by atoms with Crippen molar-refractivity contribution < 1.29 is 9.53 Å². The molecule has 0 heterocycles. The molecule has 0 unspecified atom stereocenters. The first-order chi connectivity index (χ1) is 10.7. The second-order valence-corrected chi connectivity index (χ2v) is 6.12. The zero-order valence-corrected chi connectivity index (χ0v) is 14.4. The molecule has 2 nitrogen and oxygen atoms in total. The van der Waals surface area contributed by atoms with E-state index in [4.69, 9.17) is 4.74 Å². The van der Waals surface area contributed by atoms with Gasteiger partial charge in [0.05, 0.1) is 0 Å². The molecule has 124 valence electrons. The van der Waals surface area contributed by atoms with Gasteiger partial charge in [-0.2, -0.15) is 0 Å². The van der Waals surface area contributed by atoms with Gasteiger partial charge in [0, 0.05) is 6.42 Å². The van der Waals surface area contributed by atoms with Crippen molar-refractivity contribution >= 4 is 5.97 Å². The Labute approximate surface area is 136 Å². The van der Waals surface area contributed by atoms with Crippen LogP contribution in [0.25, 0.3) is 0 Å². The van der Waals surface area contributed by atoms with Crippen LogP contribution in [0.2, 0.25) is 0 Å². The zero-order chi connectivity index (χ0) is 16.0. The Morgan fingerprint density at radius 2 is 1.45 bits per heavy atom. The van der Waals surface area contributed by atoms with Crippen LogP contribution in [0.1, 0.15) is 89.7 Å². The maximum absolute atomic E-state index is 11.8. The summed E-state index contributed by atoms with van der Waals surface area (Å²) < 4.78 is 5.47. The molecule has 0 fully saturated rings. The third kappa shape index (κ3) is 8.86.